The van der Waals surface area contributed by atoms with Crippen LogP contribution in [0.3, 0.4) is 0 Å². The molecular formula is C24H41N3O3. The monoisotopic (exact) mass is 419 g/mol. The van der Waals surface area contributed by atoms with Crippen LogP contribution in [0.1, 0.15) is 50.5 Å². The summed E-state index contributed by atoms with van der Waals surface area (Å²) < 4.78 is 10.6. The first kappa shape index (κ1) is 24.5. The third-order valence-corrected chi connectivity index (χ3v) is 6.52. The van der Waals surface area contributed by atoms with Gasteiger partial charge >= 0.3 is 6.03 Å². The van der Waals surface area contributed by atoms with Gasteiger partial charge in [-0.25, -0.2) is 4.79 Å². The van der Waals surface area contributed by atoms with E-state index < -0.39 is 0 Å². The van der Waals surface area contributed by atoms with Crippen molar-refractivity contribution in [2.75, 3.05) is 55.1 Å². The van der Waals surface area contributed by atoms with Gasteiger partial charge in [-0.1, -0.05) is 12.1 Å². The second kappa shape index (κ2) is 12.2. The summed E-state index contributed by atoms with van der Waals surface area (Å²) in [6.45, 7) is 3.03. The Kier molecular flexibility index (Phi) is 9.92. The molecule has 1 heterocycles. The van der Waals surface area contributed by atoms with Crippen molar-refractivity contribution in [3.8, 4) is 5.75 Å². The smallest absolute Gasteiger partial charge is 0.320 e. The van der Waals surface area contributed by atoms with Crippen LogP contribution in [0.5, 0.6) is 5.75 Å². The van der Waals surface area contributed by atoms with E-state index in [1.807, 2.05) is 41.1 Å². The van der Waals surface area contributed by atoms with Crippen molar-refractivity contribution < 1.29 is 14.3 Å². The first-order valence-corrected chi connectivity index (χ1v) is 11.2. The van der Waals surface area contributed by atoms with Crippen LogP contribution >= 0.6 is 0 Å². The molecule has 30 heavy (non-hydrogen) atoms. The molecule has 0 bridgehead atoms. The molecule has 1 aromatic rings. The molecule has 0 spiro atoms. The summed E-state index contributed by atoms with van der Waals surface area (Å²) in [6, 6.07) is 8.14. The number of ether oxygens (including phenoxy) is 2. The molecule has 0 saturated carbocycles. The van der Waals surface area contributed by atoms with Crippen molar-refractivity contribution in [3.63, 3.8) is 0 Å². The van der Waals surface area contributed by atoms with Crippen molar-refractivity contribution in [1.29, 1.82) is 0 Å². The highest BCUT2D eigenvalue weighted by atomic mass is 16.5. The predicted molar refractivity (Wildman–Crippen MR) is 122 cm³/mol. The predicted octanol–water partition coefficient (Wildman–Crippen LogP) is 4.24. The molecule has 1 aliphatic heterocycles. The Morgan fingerprint density at radius 3 is 2.37 bits per heavy atom. The van der Waals surface area contributed by atoms with Gasteiger partial charge in [-0.2, -0.15) is 0 Å². The Balaban J connectivity index is 2.08. The highest BCUT2D eigenvalue weighted by molar-refractivity contribution is 5.74. The largest absolute Gasteiger partial charge is 0.497 e. The van der Waals surface area contributed by atoms with Crippen molar-refractivity contribution in [1.82, 2.24) is 14.7 Å². The first-order valence-electron chi connectivity index (χ1n) is 11.2. The Bertz CT molecular complexity index is 635. The van der Waals surface area contributed by atoms with Crippen molar-refractivity contribution in [2.45, 2.75) is 57.0 Å². The number of carbonyl (C=O) groups excluding carboxylic acids is 1. The molecule has 6 nitrogen and oxygen atoms in total. The van der Waals surface area contributed by atoms with Crippen molar-refractivity contribution >= 4 is 6.03 Å². The summed E-state index contributed by atoms with van der Waals surface area (Å²) in [6.07, 6.45) is 7.66. The van der Waals surface area contributed by atoms with Gasteiger partial charge in [0.2, 0.25) is 0 Å². The van der Waals surface area contributed by atoms with E-state index in [2.05, 4.69) is 19.0 Å². The van der Waals surface area contributed by atoms with Crippen LogP contribution in [0.15, 0.2) is 24.3 Å². The topological polar surface area (TPSA) is 45.3 Å². The van der Waals surface area contributed by atoms with Crippen molar-refractivity contribution in [3.05, 3.63) is 29.8 Å². The molecular weight excluding hydrogens is 378 g/mol. The van der Waals surface area contributed by atoms with Crippen molar-refractivity contribution in [2.24, 2.45) is 0 Å². The average Bonchev–Trinajstić information content (AvgIpc) is 2.76. The minimum Gasteiger partial charge on any atom is -0.497 e. The molecule has 170 valence electrons. The summed E-state index contributed by atoms with van der Waals surface area (Å²) in [5.41, 5.74) is 1.32. The van der Waals surface area contributed by atoms with Crippen LogP contribution in [-0.4, -0.2) is 81.3 Å². The molecule has 6 heteroatoms. The maximum atomic E-state index is 13.1. The molecule has 1 aliphatic rings. The van der Waals surface area contributed by atoms with Crippen LogP contribution in [0.2, 0.25) is 0 Å². The quantitative estimate of drug-likeness (QED) is 0.591. The second-order valence-electron chi connectivity index (χ2n) is 8.75. The standard InChI is InChI=1S/C24H41N3O3/c1-25(2)24(16-9-19-29-4)14-6-7-18-27(23(28)26(3)17-8-15-24)20-21-10-12-22(30-5)13-11-21/h10-13H,6-9,14-20H2,1-5H3/t24-/m1/s1. The van der Waals surface area contributed by atoms with Gasteiger partial charge in [0.15, 0.2) is 0 Å². The number of urea groups is 1. The van der Waals surface area contributed by atoms with Gasteiger partial charge in [0.05, 0.1) is 7.11 Å². The van der Waals surface area contributed by atoms with Gasteiger partial charge in [-0.05, 0) is 76.7 Å². The molecule has 0 unspecified atom stereocenters. The van der Waals surface area contributed by atoms with E-state index in [4.69, 9.17) is 9.47 Å². The van der Waals surface area contributed by atoms with E-state index in [-0.39, 0.29) is 11.6 Å². The second-order valence-corrected chi connectivity index (χ2v) is 8.75. The highest BCUT2D eigenvalue weighted by Gasteiger charge is 2.32. The molecule has 0 radical (unpaired) electrons. The fraction of sp³-hybridized carbons (Fsp3) is 0.708. The zero-order valence-electron chi connectivity index (χ0n) is 19.7. The minimum atomic E-state index is 0.127. The van der Waals surface area contributed by atoms with Gasteiger partial charge < -0.3 is 24.2 Å². The van der Waals surface area contributed by atoms with Crippen LogP contribution in [-0.2, 0) is 11.3 Å². The Morgan fingerprint density at radius 2 is 1.73 bits per heavy atom. The fourth-order valence-electron chi connectivity index (χ4n) is 4.52. The Morgan fingerprint density at radius 1 is 1.03 bits per heavy atom. The van der Waals surface area contributed by atoms with E-state index in [9.17, 15) is 4.79 Å². The lowest BCUT2D eigenvalue weighted by Crippen LogP contribution is -2.45. The molecule has 0 aliphatic carbocycles. The molecule has 2 rings (SSSR count). The van der Waals surface area contributed by atoms with Crippen LogP contribution in [0, 0.1) is 0 Å². The number of rotatable bonds is 8. The van der Waals surface area contributed by atoms with Crippen LogP contribution < -0.4 is 4.74 Å². The van der Waals surface area contributed by atoms with Crippen LogP contribution in [0.4, 0.5) is 4.79 Å². The summed E-state index contributed by atoms with van der Waals surface area (Å²) in [5, 5.41) is 0. The molecule has 0 N–H and O–H groups in total. The van der Waals surface area contributed by atoms with Gasteiger partial charge in [-0.3, -0.25) is 0 Å². The Hall–Kier alpha value is -1.79. The lowest BCUT2D eigenvalue weighted by atomic mass is 9.82. The highest BCUT2D eigenvalue weighted by Crippen LogP contribution is 2.32. The molecule has 0 aromatic heterocycles. The summed E-state index contributed by atoms with van der Waals surface area (Å²) in [4.78, 5) is 19.4. The SMILES string of the molecule is COCCC[C@@]1(N(C)C)CCCCN(Cc2ccc(OC)cc2)C(=O)N(C)CCC1. The van der Waals surface area contributed by atoms with Gasteiger partial charge in [0.25, 0.3) is 0 Å². The summed E-state index contributed by atoms with van der Waals surface area (Å²) in [5.74, 6) is 0.841. The third kappa shape index (κ3) is 6.88. The van der Waals surface area contributed by atoms with E-state index >= 15 is 0 Å². The van der Waals surface area contributed by atoms with Gasteiger partial charge in [0, 0.05) is 45.9 Å². The number of hydrogen-bond donors (Lipinski definition) is 0. The minimum absolute atomic E-state index is 0.127. The van der Waals surface area contributed by atoms with E-state index in [1.165, 1.54) is 0 Å². The zero-order valence-corrected chi connectivity index (χ0v) is 19.7. The molecule has 1 atom stereocenters. The number of benzene rings is 1. The lowest BCUT2D eigenvalue weighted by Gasteiger charge is -2.41. The maximum absolute atomic E-state index is 13.1. The van der Waals surface area contributed by atoms with E-state index in [0.29, 0.717) is 6.54 Å². The average molecular weight is 420 g/mol. The van der Waals surface area contributed by atoms with Gasteiger partial charge in [0.1, 0.15) is 5.75 Å². The van der Waals surface area contributed by atoms with E-state index in [1.54, 1.807) is 14.2 Å². The normalized spacial score (nSPS) is 21.6. The molecule has 2 amide bonds. The number of nitrogens with zero attached hydrogens (tertiary/aromatic N) is 3. The number of amides is 2. The zero-order chi connectivity index (χ0) is 22.0. The number of carbonyl (C=O) groups is 1. The molecule has 1 fully saturated rings. The summed E-state index contributed by atoms with van der Waals surface area (Å²) in [7, 11) is 9.79. The van der Waals surface area contributed by atoms with E-state index in [0.717, 1.165) is 76.0 Å². The molecule has 1 aromatic carbocycles. The maximum Gasteiger partial charge on any atom is 0.320 e. The Labute approximate surface area is 183 Å². The van der Waals surface area contributed by atoms with Crippen LogP contribution in [0.25, 0.3) is 0 Å². The first-order chi connectivity index (χ1) is 14.4. The lowest BCUT2D eigenvalue weighted by molar-refractivity contribution is 0.0903. The fourth-order valence-corrected chi connectivity index (χ4v) is 4.52. The van der Waals surface area contributed by atoms with Gasteiger partial charge in [-0.15, -0.1) is 0 Å². The third-order valence-electron chi connectivity index (χ3n) is 6.52. The number of methoxy groups -OCH3 is 2. The summed E-state index contributed by atoms with van der Waals surface area (Å²) >= 11 is 0. The molecule has 1 saturated heterocycles. The number of hydrogen-bond acceptors (Lipinski definition) is 4.